The first kappa shape index (κ1) is 11.5. The summed E-state index contributed by atoms with van der Waals surface area (Å²) in [5.41, 5.74) is 0.969. The van der Waals surface area contributed by atoms with Gasteiger partial charge >= 0.3 is 5.69 Å². The number of methoxy groups -OCH3 is 1. The van der Waals surface area contributed by atoms with Crippen LogP contribution in [0, 0.1) is 10.1 Å². The van der Waals surface area contributed by atoms with Crippen LogP contribution in [0.25, 0.3) is 0 Å². The highest BCUT2D eigenvalue weighted by Crippen LogP contribution is 2.27. The summed E-state index contributed by atoms with van der Waals surface area (Å²) >= 11 is 0. The molecule has 5 nitrogen and oxygen atoms in total. The highest BCUT2D eigenvalue weighted by molar-refractivity contribution is 5.48. The van der Waals surface area contributed by atoms with Gasteiger partial charge < -0.3 is 10.1 Å². The second kappa shape index (κ2) is 5.31. The largest absolute Gasteiger partial charge is 0.490 e. The van der Waals surface area contributed by atoms with E-state index >= 15 is 0 Å². The number of benzene rings is 1. The SMILES string of the molecule is CCNCc1ccc([N+](=O)[O-])c(OC)c1. The highest BCUT2D eigenvalue weighted by Gasteiger charge is 2.14. The van der Waals surface area contributed by atoms with E-state index in [2.05, 4.69) is 5.32 Å². The molecule has 1 rings (SSSR count). The number of hydrogen-bond acceptors (Lipinski definition) is 4. The number of hydrogen-bond donors (Lipinski definition) is 1. The monoisotopic (exact) mass is 210 g/mol. The molecule has 5 heteroatoms. The first-order chi connectivity index (χ1) is 7.19. The molecule has 0 fully saturated rings. The van der Waals surface area contributed by atoms with Gasteiger partial charge in [0.2, 0.25) is 0 Å². The maximum atomic E-state index is 10.6. The van der Waals surface area contributed by atoms with E-state index in [1.54, 1.807) is 12.1 Å². The zero-order valence-electron chi connectivity index (χ0n) is 8.82. The first-order valence-corrected chi connectivity index (χ1v) is 4.71. The molecule has 0 bridgehead atoms. The smallest absolute Gasteiger partial charge is 0.310 e. The van der Waals surface area contributed by atoms with E-state index in [0.717, 1.165) is 12.1 Å². The van der Waals surface area contributed by atoms with Crippen LogP contribution >= 0.6 is 0 Å². The van der Waals surface area contributed by atoms with Crippen LogP contribution < -0.4 is 10.1 Å². The van der Waals surface area contributed by atoms with E-state index in [4.69, 9.17) is 4.74 Å². The van der Waals surface area contributed by atoms with Crippen LogP contribution in [-0.2, 0) is 6.54 Å². The van der Waals surface area contributed by atoms with Crippen molar-refractivity contribution in [2.75, 3.05) is 13.7 Å². The predicted molar refractivity (Wildman–Crippen MR) is 57.0 cm³/mol. The molecule has 0 heterocycles. The van der Waals surface area contributed by atoms with Crippen molar-refractivity contribution in [2.24, 2.45) is 0 Å². The Balaban J connectivity index is 2.92. The summed E-state index contributed by atoms with van der Waals surface area (Å²) in [7, 11) is 1.43. The Morgan fingerprint density at radius 2 is 2.27 bits per heavy atom. The van der Waals surface area contributed by atoms with Gasteiger partial charge in [0.25, 0.3) is 0 Å². The number of nitro groups is 1. The molecule has 1 aromatic carbocycles. The second-order valence-electron chi connectivity index (χ2n) is 3.04. The lowest BCUT2D eigenvalue weighted by Gasteiger charge is -2.05. The summed E-state index contributed by atoms with van der Waals surface area (Å²) in [5, 5.41) is 13.8. The maximum absolute atomic E-state index is 10.6. The molecule has 1 aromatic rings. The number of nitrogens with one attached hydrogen (secondary N) is 1. The molecule has 0 unspecified atom stereocenters. The summed E-state index contributed by atoms with van der Waals surface area (Å²) in [6, 6.07) is 4.87. The van der Waals surface area contributed by atoms with Gasteiger partial charge in [-0.05, 0) is 18.2 Å². The maximum Gasteiger partial charge on any atom is 0.310 e. The van der Waals surface area contributed by atoms with Crippen molar-refractivity contribution < 1.29 is 9.66 Å². The van der Waals surface area contributed by atoms with Gasteiger partial charge in [-0.15, -0.1) is 0 Å². The molecular weight excluding hydrogens is 196 g/mol. The highest BCUT2D eigenvalue weighted by atomic mass is 16.6. The van der Waals surface area contributed by atoms with Crippen LogP contribution in [0.2, 0.25) is 0 Å². The van der Waals surface area contributed by atoms with Gasteiger partial charge in [0.1, 0.15) is 0 Å². The fraction of sp³-hybridized carbons (Fsp3) is 0.400. The number of nitrogens with zero attached hydrogens (tertiary/aromatic N) is 1. The summed E-state index contributed by atoms with van der Waals surface area (Å²) in [5.74, 6) is 0.301. The average Bonchev–Trinajstić information content (AvgIpc) is 2.25. The predicted octanol–water partition coefficient (Wildman–Crippen LogP) is 1.71. The van der Waals surface area contributed by atoms with Crippen molar-refractivity contribution in [3.05, 3.63) is 33.9 Å². The summed E-state index contributed by atoms with van der Waals surface area (Å²) in [4.78, 5) is 10.2. The molecule has 82 valence electrons. The van der Waals surface area contributed by atoms with Gasteiger partial charge in [-0.25, -0.2) is 0 Å². The molecule has 0 aliphatic carbocycles. The minimum atomic E-state index is -0.449. The van der Waals surface area contributed by atoms with Gasteiger partial charge in [-0.1, -0.05) is 13.0 Å². The van der Waals surface area contributed by atoms with E-state index in [0.29, 0.717) is 12.3 Å². The Bertz CT molecular complexity index is 353. The third kappa shape index (κ3) is 2.92. The first-order valence-electron chi connectivity index (χ1n) is 4.71. The molecule has 0 spiro atoms. The third-order valence-corrected chi connectivity index (χ3v) is 2.02. The lowest BCUT2D eigenvalue weighted by atomic mass is 10.2. The van der Waals surface area contributed by atoms with E-state index in [1.165, 1.54) is 13.2 Å². The summed E-state index contributed by atoms with van der Waals surface area (Å²) in [6.07, 6.45) is 0. The van der Waals surface area contributed by atoms with Gasteiger partial charge in [-0.3, -0.25) is 10.1 Å². The van der Waals surface area contributed by atoms with E-state index in [1.807, 2.05) is 6.92 Å². The number of rotatable bonds is 5. The Labute approximate surface area is 88.2 Å². The van der Waals surface area contributed by atoms with E-state index < -0.39 is 4.92 Å². The fourth-order valence-corrected chi connectivity index (χ4v) is 1.25. The molecule has 0 radical (unpaired) electrons. The normalized spacial score (nSPS) is 10.0. The van der Waals surface area contributed by atoms with E-state index in [-0.39, 0.29) is 5.69 Å². The van der Waals surface area contributed by atoms with Crippen molar-refractivity contribution in [3.63, 3.8) is 0 Å². The summed E-state index contributed by atoms with van der Waals surface area (Å²) in [6.45, 7) is 3.55. The molecule has 15 heavy (non-hydrogen) atoms. The summed E-state index contributed by atoms with van der Waals surface area (Å²) < 4.78 is 4.96. The average molecular weight is 210 g/mol. The number of nitro benzene ring substituents is 1. The van der Waals surface area contributed by atoms with Crippen molar-refractivity contribution in [3.8, 4) is 5.75 Å². The molecule has 0 aliphatic heterocycles. The van der Waals surface area contributed by atoms with Gasteiger partial charge in [0.05, 0.1) is 12.0 Å². The Morgan fingerprint density at radius 1 is 1.53 bits per heavy atom. The second-order valence-corrected chi connectivity index (χ2v) is 3.04. The van der Waals surface area contributed by atoms with Crippen molar-refractivity contribution >= 4 is 5.69 Å². The Morgan fingerprint density at radius 3 is 2.80 bits per heavy atom. The van der Waals surface area contributed by atoms with Gasteiger partial charge in [-0.2, -0.15) is 0 Å². The quantitative estimate of drug-likeness (QED) is 0.593. The molecule has 0 amide bonds. The zero-order chi connectivity index (χ0) is 11.3. The molecule has 0 saturated carbocycles. The molecule has 0 aliphatic rings. The van der Waals surface area contributed by atoms with E-state index in [9.17, 15) is 10.1 Å². The minimum Gasteiger partial charge on any atom is -0.490 e. The van der Waals surface area contributed by atoms with Crippen molar-refractivity contribution in [1.82, 2.24) is 5.32 Å². The minimum absolute atomic E-state index is 0.00208. The van der Waals surface area contributed by atoms with Gasteiger partial charge in [0, 0.05) is 12.6 Å². The van der Waals surface area contributed by atoms with Crippen LogP contribution in [0.1, 0.15) is 12.5 Å². The molecule has 0 atom stereocenters. The standard InChI is InChI=1S/C10H14N2O3/c1-3-11-7-8-4-5-9(12(13)14)10(6-8)15-2/h4-6,11H,3,7H2,1-2H3. The zero-order valence-corrected chi connectivity index (χ0v) is 8.82. The van der Waals surface area contributed by atoms with Gasteiger partial charge in [0.15, 0.2) is 5.75 Å². The fourth-order valence-electron chi connectivity index (χ4n) is 1.25. The lowest BCUT2D eigenvalue weighted by molar-refractivity contribution is -0.385. The Hall–Kier alpha value is -1.62. The van der Waals surface area contributed by atoms with Crippen LogP contribution in [0.4, 0.5) is 5.69 Å². The van der Waals surface area contributed by atoms with Crippen LogP contribution in [0.3, 0.4) is 0 Å². The molecule has 1 N–H and O–H groups in total. The molecular formula is C10H14N2O3. The Kier molecular flexibility index (Phi) is 4.05. The van der Waals surface area contributed by atoms with Crippen LogP contribution in [0.5, 0.6) is 5.75 Å². The van der Waals surface area contributed by atoms with Crippen LogP contribution in [0.15, 0.2) is 18.2 Å². The third-order valence-electron chi connectivity index (χ3n) is 2.02. The topological polar surface area (TPSA) is 64.4 Å². The van der Waals surface area contributed by atoms with Crippen molar-refractivity contribution in [2.45, 2.75) is 13.5 Å². The van der Waals surface area contributed by atoms with Crippen molar-refractivity contribution in [1.29, 1.82) is 0 Å². The number of ether oxygens (including phenoxy) is 1. The molecule has 0 saturated heterocycles. The van der Waals surface area contributed by atoms with Crippen LogP contribution in [-0.4, -0.2) is 18.6 Å². The molecule has 0 aromatic heterocycles. The lowest BCUT2D eigenvalue weighted by Crippen LogP contribution is -2.11.